The Morgan fingerprint density at radius 3 is 2.57 bits per heavy atom. The lowest BCUT2D eigenvalue weighted by Crippen LogP contribution is -2.35. The molecule has 3 heterocycles. The number of rotatable bonds is 9. The van der Waals surface area contributed by atoms with E-state index in [1.807, 2.05) is 49.4 Å². The zero-order valence-corrected chi connectivity index (χ0v) is 21.7. The number of nitrogens with one attached hydrogen (secondary N) is 1. The van der Waals surface area contributed by atoms with E-state index in [-0.39, 0.29) is 17.5 Å². The highest BCUT2D eigenvalue weighted by Crippen LogP contribution is 2.31. The molecule has 0 bridgehead atoms. The molecule has 2 aromatic carbocycles. The van der Waals surface area contributed by atoms with E-state index in [0.717, 1.165) is 39.2 Å². The van der Waals surface area contributed by atoms with Gasteiger partial charge in [-0.3, -0.25) is 9.69 Å². The Kier molecular flexibility index (Phi) is 7.01. The summed E-state index contributed by atoms with van der Waals surface area (Å²) in [4.78, 5) is 18.7. The fourth-order valence-corrected chi connectivity index (χ4v) is 5.09. The van der Waals surface area contributed by atoms with Gasteiger partial charge >= 0.3 is 0 Å². The van der Waals surface area contributed by atoms with Crippen LogP contribution < -0.4 is 5.56 Å². The van der Waals surface area contributed by atoms with E-state index in [0.29, 0.717) is 25.2 Å². The van der Waals surface area contributed by atoms with Crippen LogP contribution in [0.1, 0.15) is 53.7 Å². The Morgan fingerprint density at radius 2 is 1.84 bits per heavy atom. The summed E-state index contributed by atoms with van der Waals surface area (Å²) in [6, 6.07) is 20.1. The summed E-state index contributed by atoms with van der Waals surface area (Å²) >= 11 is 0. The summed E-state index contributed by atoms with van der Waals surface area (Å²) < 4.78 is 7.35. The number of benzene rings is 2. The maximum Gasteiger partial charge on any atom is 0.252 e. The van der Waals surface area contributed by atoms with Crippen LogP contribution in [0.15, 0.2) is 76.1 Å². The van der Waals surface area contributed by atoms with E-state index in [1.165, 1.54) is 0 Å². The minimum absolute atomic E-state index is 0.0757. The number of tetrazole rings is 1. The second-order valence-corrected chi connectivity index (χ2v) is 10.0. The predicted octanol–water partition coefficient (Wildman–Crippen LogP) is 5.17. The molecule has 0 aliphatic rings. The maximum absolute atomic E-state index is 13.3. The number of H-pyrrole nitrogens is 1. The monoisotopic (exact) mass is 496 g/mol. The van der Waals surface area contributed by atoms with Gasteiger partial charge in [0, 0.05) is 29.6 Å². The Bertz CT molecular complexity index is 1540. The van der Waals surface area contributed by atoms with Crippen LogP contribution in [-0.2, 0) is 19.6 Å². The van der Waals surface area contributed by atoms with E-state index in [4.69, 9.17) is 4.42 Å². The molecule has 5 aromatic rings. The van der Waals surface area contributed by atoms with E-state index in [1.54, 1.807) is 10.9 Å². The van der Waals surface area contributed by atoms with Crippen LogP contribution in [0.3, 0.4) is 0 Å². The first-order valence-electron chi connectivity index (χ1n) is 12.6. The molecular formula is C29H32N6O2. The van der Waals surface area contributed by atoms with Crippen LogP contribution in [0.25, 0.3) is 10.9 Å². The standard InChI is InChI=1S/C29H32N6O2/c1-19(2)27(28-31-32-33-35(28)18-24-11-8-12-37-24)34(16-22-9-6-5-7-10-22)17-23-15-25-21(4)13-20(3)14-26(25)30-29(23)36/h5-15,19,27H,16-18H2,1-4H3,(H,30,36)/t27-/m1/s1. The highest BCUT2D eigenvalue weighted by atomic mass is 16.3. The van der Waals surface area contributed by atoms with Crippen molar-refractivity contribution >= 4 is 10.9 Å². The Balaban J connectivity index is 1.57. The van der Waals surface area contributed by atoms with Gasteiger partial charge in [-0.1, -0.05) is 50.2 Å². The highest BCUT2D eigenvalue weighted by Gasteiger charge is 2.30. The lowest BCUT2D eigenvalue weighted by molar-refractivity contribution is 0.125. The Labute approximate surface area is 215 Å². The molecule has 8 nitrogen and oxygen atoms in total. The van der Waals surface area contributed by atoms with E-state index in [2.05, 4.69) is 64.4 Å². The van der Waals surface area contributed by atoms with Crippen molar-refractivity contribution in [2.24, 2.45) is 5.92 Å². The second kappa shape index (κ2) is 10.5. The third-order valence-electron chi connectivity index (χ3n) is 6.73. The van der Waals surface area contributed by atoms with E-state index >= 15 is 0 Å². The number of aryl methyl sites for hydroxylation is 2. The molecule has 3 aromatic heterocycles. The summed E-state index contributed by atoms with van der Waals surface area (Å²) in [6.45, 7) is 9.97. The summed E-state index contributed by atoms with van der Waals surface area (Å²) in [6.07, 6.45) is 1.65. The summed E-state index contributed by atoms with van der Waals surface area (Å²) in [5, 5.41) is 13.8. The van der Waals surface area contributed by atoms with Gasteiger partial charge < -0.3 is 9.40 Å². The summed E-state index contributed by atoms with van der Waals surface area (Å²) in [5.41, 5.74) is 4.93. The van der Waals surface area contributed by atoms with Crippen molar-refractivity contribution in [1.82, 2.24) is 30.1 Å². The topological polar surface area (TPSA) is 92.8 Å². The summed E-state index contributed by atoms with van der Waals surface area (Å²) in [7, 11) is 0. The number of hydrogen-bond donors (Lipinski definition) is 1. The minimum Gasteiger partial charge on any atom is -0.467 e. The van der Waals surface area contributed by atoms with Crippen LogP contribution in [-0.4, -0.2) is 30.1 Å². The molecule has 0 saturated heterocycles. The molecule has 0 aliphatic carbocycles. The van der Waals surface area contributed by atoms with Gasteiger partial charge in [0.05, 0.1) is 12.3 Å². The van der Waals surface area contributed by atoms with Crippen molar-refractivity contribution < 1.29 is 4.42 Å². The lowest BCUT2D eigenvalue weighted by Gasteiger charge is -2.33. The molecule has 0 saturated carbocycles. The van der Waals surface area contributed by atoms with Crippen molar-refractivity contribution in [3.8, 4) is 0 Å². The van der Waals surface area contributed by atoms with Gasteiger partial charge in [-0.25, -0.2) is 4.68 Å². The first-order valence-corrected chi connectivity index (χ1v) is 12.6. The molecule has 37 heavy (non-hydrogen) atoms. The van der Waals surface area contributed by atoms with E-state index in [9.17, 15) is 4.79 Å². The molecule has 0 spiro atoms. The van der Waals surface area contributed by atoms with Gasteiger partial charge in [-0.2, -0.15) is 0 Å². The quantitative estimate of drug-likeness (QED) is 0.303. The van der Waals surface area contributed by atoms with Gasteiger partial charge in [0.15, 0.2) is 5.82 Å². The molecule has 0 aliphatic heterocycles. The molecule has 1 N–H and O–H groups in total. The van der Waals surface area contributed by atoms with Crippen molar-refractivity contribution in [1.29, 1.82) is 0 Å². The van der Waals surface area contributed by atoms with Crippen LogP contribution in [0.5, 0.6) is 0 Å². The fourth-order valence-electron chi connectivity index (χ4n) is 5.09. The van der Waals surface area contributed by atoms with Crippen LogP contribution in [0, 0.1) is 19.8 Å². The third-order valence-corrected chi connectivity index (χ3v) is 6.73. The zero-order chi connectivity index (χ0) is 25.9. The zero-order valence-electron chi connectivity index (χ0n) is 21.7. The van der Waals surface area contributed by atoms with Crippen LogP contribution in [0.4, 0.5) is 0 Å². The molecule has 0 amide bonds. The van der Waals surface area contributed by atoms with Gasteiger partial charge in [0.25, 0.3) is 5.56 Å². The largest absolute Gasteiger partial charge is 0.467 e. The summed E-state index contributed by atoms with van der Waals surface area (Å²) in [5.74, 6) is 1.70. The van der Waals surface area contributed by atoms with Gasteiger partial charge in [-0.15, -0.1) is 5.10 Å². The van der Waals surface area contributed by atoms with Crippen molar-refractivity contribution in [2.45, 2.75) is 53.4 Å². The molecule has 8 heteroatoms. The predicted molar refractivity (Wildman–Crippen MR) is 143 cm³/mol. The van der Waals surface area contributed by atoms with E-state index < -0.39 is 0 Å². The number of nitrogens with zero attached hydrogens (tertiary/aromatic N) is 5. The third kappa shape index (κ3) is 5.39. The average molecular weight is 497 g/mol. The van der Waals surface area contributed by atoms with Gasteiger partial charge in [0.1, 0.15) is 12.3 Å². The molecule has 0 unspecified atom stereocenters. The Hall–Kier alpha value is -4.04. The van der Waals surface area contributed by atoms with Gasteiger partial charge in [-0.05, 0) is 71.1 Å². The number of aromatic amines is 1. The maximum atomic E-state index is 13.3. The number of hydrogen-bond acceptors (Lipinski definition) is 6. The number of pyridine rings is 1. The number of aromatic nitrogens is 5. The lowest BCUT2D eigenvalue weighted by atomic mass is 9.99. The Morgan fingerprint density at radius 1 is 1.03 bits per heavy atom. The molecule has 190 valence electrons. The van der Waals surface area contributed by atoms with Crippen molar-refractivity contribution in [3.63, 3.8) is 0 Å². The van der Waals surface area contributed by atoms with Crippen molar-refractivity contribution in [2.75, 3.05) is 0 Å². The van der Waals surface area contributed by atoms with Crippen LogP contribution >= 0.6 is 0 Å². The average Bonchev–Trinajstić information content (AvgIpc) is 3.53. The second-order valence-electron chi connectivity index (χ2n) is 10.0. The normalized spacial score (nSPS) is 12.6. The smallest absolute Gasteiger partial charge is 0.252 e. The minimum atomic E-state index is -0.139. The fraction of sp³-hybridized carbons (Fsp3) is 0.310. The molecular weight excluding hydrogens is 464 g/mol. The van der Waals surface area contributed by atoms with Crippen molar-refractivity contribution in [3.05, 3.63) is 111 Å². The van der Waals surface area contributed by atoms with Gasteiger partial charge in [0.2, 0.25) is 0 Å². The number of fused-ring (bicyclic) bond motifs is 1. The SMILES string of the molecule is Cc1cc(C)c2cc(CN(Cc3ccccc3)[C@@H](c3nnnn3Cc3ccco3)C(C)C)c(=O)[nH]c2c1. The van der Waals surface area contributed by atoms with Crippen LogP contribution in [0.2, 0.25) is 0 Å². The number of furan rings is 1. The molecule has 1 atom stereocenters. The molecule has 0 fully saturated rings. The first kappa shape index (κ1) is 24.6. The first-order chi connectivity index (χ1) is 17.9. The molecule has 5 rings (SSSR count). The highest BCUT2D eigenvalue weighted by molar-refractivity contribution is 5.83. The molecule has 0 radical (unpaired) electrons.